The summed E-state index contributed by atoms with van der Waals surface area (Å²) in [5, 5.41) is 8.98. The predicted molar refractivity (Wildman–Crippen MR) is 88.6 cm³/mol. The molecule has 0 saturated carbocycles. The topological polar surface area (TPSA) is 104 Å². The molecule has 0 atom stereocenters. The molecule has 2 N–H and O–H groups in total. The van der Waals surface area contributed by atoms with Crippen molar-refractivity contribution in [1.82, 2.24) is 19.9 Å². The van der Waals surface area contributed by atoms with Crippen molar-refractivity contribution in [3.63, 3.8) is 0 Å². The van der Waals surface area contributed by atoms with Gasteiger partial charge in [0.2, 0.25) is 0 Å². The van der Waals surface area contributed by atoms with Gasteiger partial charge in [0.1, 0.15) is 17.4 Å². The van der Waals surface area contributed by atoms with Gasteiger partial charge in [-0.25, -0.2) is 14.8 Å². The minimum Gasteiger partial charge on any atom is -0.497 e. The van der Waals surface area contributed by atoms with Gasteiger partial charge < -0.3 is 19.7 Å². The van der Waals surface area contributed by atoms with Crippen LogP contribution in [0.25, 0.3) is 11.0 Å². The Kier molecular flexibility index (Phi) is 4.28. The molecule has 0 aliphatic carbocycles. The van der Waals surface area contributed by atoms with Crippen LogP contribution in [0.15, 0.2) is 30.6 Å². The number of nitrogens with one attached hydrogen (secondary N) is 1. The molecule has 0 radical (unpaired) electrons. The van der Waals surface area contributed by atoms with Gasteiger partial charge in [0, 0.05) is 26.1 Å². The second-order valence-corrected chi connectivity index (χ2v) is 5.31. The number of rotatable bonds is 6. The van der Waals surface area contributed by atoms with Crippen LogP contribution < -0.4 is 9.64 Å². The molecule has 0 spiro atoms. The average Bonchev–Trinajstić information content (AvgIpc) is 3.01. The fraction of sp³-hybridized carbons (Fsp3) is 0.250. The first kappa shape index (κ1) is 15.7. The van der Waals surface area contributed by atoms with Crippen molar-refractivity contribution >= 4 is 22.8 Å². The van der Waals surface area contributed by atoms with E-state index in [9.17, 15) is 4.79 Å². The van der Waals surface area contributed by atoms with Crippen LogP contribution >= 0.6 is 0 Å². The molecule has 3 aromatic rings. The highest BCUT2D eigenvalue weighted by atomic mass is 16.5. The molecule has 0 aliphatic rings. The van der Waals surface area contributed by atoms with Crippen LogP contribution in [0.4, 0.5) is 5.82 Å². The first-order chi connectivity index (χ1) is 11.6. The summed E-state index contributed by atoms with van der Waals surface area (Å²) < 4.78 is 5.20. The number of aromatic nitrogens is 4. The van der Waals surface area contributed by atoms with E-state index in [1.54, 1.807) is 7.11 Å². The molecule has 1 aromatic carbocycles. The Morgan fingerprint density at radius 1 is 1.33 bits per heavy atom. The molecule has 0 aliphatic heterocycles. The second-order valence-electron chi connectivity index (χ2n) is 5.31. The second kappa shape index (κ2) is 6.53. The maximum absolute atomic E-state index is 11.0. The van der Waals surface area contributed by atoms with E-state index >= 15 is 0 Å². The number of carboxylic acid groups (broad SMARTS) is 1. The lowest BCUT2D eigenvalue weighted by atomic mass is 10.3. The fourth-order valence-electron chi connectivity index (χ4n) is 2.32. The number of fused-ring (bicyclic) bond motifs is 1. The van der Waals surface area contributed by atoms with Crippen molar-refractivity contribution < 1.29 is 14.6 Å². The molecular weight excluding hydrogens is 310 g/mol. The summed E-state index contributed by atoms with van der Waals surface area (Å²) in [6.45, 7) is 0.620. The summed E-state index contributed by atoms with van der Waals surface area (Å²) in [5.41, 5.74) is 1.72. The molecule has 124 valence electrons. The molecule has 2 aromatic heterocycles. The maximum atomic E-state index is 11.0. The molecule has 0 saturated heterocycles. The quantitative estimate of drug-likeness (QED) is 0.710. The van der Waals surface area contributed by atoms with Gasteiger partial charge in [0.05, 0.1) is 30.5 Å². The summed E-state index contributed by atoms with van der Waals surface area (Å²) in [4.78, 5) is 28.6. The molecule has 3 rings (SSSR count). The van der Waals surface area contributed by atoms with Crippen molar-refractivity contribution in [2.75, 3.05) is 25.6 Å². The first-order valence-electron chi connectivity index (χ1n) is 7.36. The lowest BCUT2D eigenvalue weighted by Gasteiger charge is -2.17. The number of hydrogen-bond acceptors (Lipinski definition) is 6. The minimum absolute atomic E-state index is 0.0739. The van der Waals surface area contributed by atoms with E-state index in [4.69, 9.17) is 9.84 Å². The van der Waals surface area contributed by atoms with E-state index in [2.05, 4.69) is 19.9 Å². The number of likely N-dealkylation sites (N-methyl/N-ethyl adjacent to an activating group) is 1. The zero-order chi connectivity index (χ0) is 17.1. The van der Waals surface area contributed by atoms with Crippen LogP contribution in [0.5, 0.6) is 5.75 Å². The Labute approximate surface area is 138 Å². The maximum Gasteiger partial charge on any atom is 0.356 e. The lowest BCUT2D eigenvalue weighted by Crippen LogP contribution is -2.22. The number of hydrogen-bond donors (Lipinski definition) is 2. The van der Waals surface area contributed by atoms with Gasteiger partial charge in [-0.05, 0) is 12.1 Å². The summed E-state index contributed by atoms with van der Waals surface area (Å²) in [5.74, 6) is 1.03. The standard InChI is InChI=1S/C16H17N5O3/c1-21(15-9-17-8-13(20-15)16(22)23)6-5-14-18-11-4-3-10(24-2)7-12(11)19-14/h3-4,7-9H,5-6H2,1-2H3,(H,18,19)(H,22,23). The number of ether oxygens (including phenoxy) is 1. The fourth-order valence-corrected chi connectivity index (χ4v) is 2.32. The Morgan fingerprint density at radius 2 is 2.17 bits per heavy atom. The van der Waals surface area contributed by atoms with Crippen LogP contribution in [0.3, 0.4) is 0 Å². The summed E-state index contributed by atoms with van der Waals surface area (Å²) in [6.07, 6.45) is 3.43. The number of aromatic carboxylic acids is 1. The number of anilines is 1. The van der Waals surface area contributed by atoms with E-state index in [0.717, 1.165) is 22.6 Å². The highest BCUT2D eigenvalue weighted by molar-refractivity contribution is 5.85. The molecule has 8 heteroatoms. The van der Waals surface area contributed by atoms with Gasteiger partial charge in [0.15, 0.2) is 5.69 Å². The van der Waals surface area contributed by atoms with Crippen LogP contribution in [-0.4, -0.2) is 51.7 Å². The van der Waals surface area contributed by atoms with E-state index in [1.807, 2.05) is 30.1 Å². The normalized spacial score (nSPS) is 10.8. The van der Waals surface area contributed by atoms with Crippen molar-refractivity contribution in [3.05, 3.63) is 42.1 Å². The molecule has 2 heterocycles. The van der Waals surface area contributed by atoms with Crippen LogP contribution in [0.2, 0.25) is 0 Å². The van der Waals surface area contributed by atoms with E-state index in [1.165, 1.54) is 12.4 Å². The Balaban J connectivity index is 1.71. The number of H-pyrrole nitrogens is 1. The van der Waals surface area contributed by atoms with Crippen molar-refractivity contribution in [3.8, 4) is 5.75 Å². The van der Waals surface area contributed by atoms with Gasteiger partial charge in [-0.3, -0.25) is 4.98 Å². The number of methoxy groups -OCH3 is 1. The van der Waals surface area contributed by atoms with Gasteiger partial charge in [-0.2, -0.15) is 0 Å². The number of aromatic amines is 1. The van der Waals surface area contributed by atoms with Gasteiger partial charge >= 0.3 is 5.97 Å². The third kappa shape index (κ3) is 3.27. The Hall–Kier alpha value is -3.16. The summed E-state index contributed by atoms with van der Waals surface area (Å²) in [7, 11) is 3.46. The average molecular weight is 327 g/mol. The zero-order valence-corrected chi connectivity index (χ0v) is 13.4. The lowest BCUT2D eigenvalue weighted by molar-refractivity contribution is 0.0690. The highest BCUT2D eigenvalue weighted by Crippen LogP contribution is 2.19. The van der Waals surface area contributed by atoms with Gasteiger partial charge in [-0.15, -0.1) is 0 Å². The minimum atomic E-state index is -1.09. The molecular formula is C16H17N5O3. The highest BCUT2D eigenvalue weighted by Gasteiger charge is 2.10. The van der Waals surface area contributed by atoms with Crippen molar-refractivity contribution in [1.29, 1.82) is 0 Å². The molecule has 0 amide bonds. The number of benzene rings is 1. The molecule has 0 fully saturated rings. The molecule has 24 heavy (non-hydrogen) atoms. The number of carboxylic acids is 1. The van der Waals surface area contributed by atoms with Crippen LogP contribution in [0.1, 0.15) is 16.3 Å². The Bertz CT molecular complexity index is 877. The molecule has 8 nitrogen and oxygen atoms in total. The summed E-state index contributed by atoms with van der Waals surface area (Å²) >= 11 is 0. The van der Waals surface area contributed by atoms with E-state index < -0.39 is 5.97 Å². The van der Waals surface area contributed by atoms with Gasteiger partial charge in [-0.1, -0.05) is 0 Å². The van der Waals surface area contributed by atoms with Crippen molar-refractivity contribution in [2.45, 2.75) is 6.42 Å². The Morgan fingerprint density at radius 3 is 2.92 bits per heavy atom. The third-order valence-electron chi connectivity index (χ3n) is 3.65. The number of nitrogens with zero attached hydrogens (tertiary/aromatic N) is 4. The van der Waals surface area contributed by atoms with Crippen molar-refractivity contribution in [2.24, 2.45) is 0 Å². The predicted octanol–water partition coefficient (Wildman–Crippen LogP) is 1.74. The SMILES string of the molecule is COc1ccc2nc(CCN(C)c3cncc(C(=O)O)n3)[nH]c2c1. The van der Waals surface area contributed by atoms with Crippen LogP contribution in [0, 0.1) is 0 Å². The zero-order valence-electron chi connectivity index (χ0n) is 13.4. The van der Waals surface area contributed by atoms with E-state index in [-0.39, 0.29) is 5.69 Å². The van der Waals surface area contributed by atoms with Gasteiger partial charge in [0.25, 0.3) is 0 Å². The summed E-state index contributed by atoms with van der Waals surface area (Å²) in [6, 6.07) is 5.67. The molecule has 0 unspecified atom stereocenters. The smallest absolute Gasteiger partial charge is 0.356 e. The van der Waals surface area contributed by atoms with E-state index in [0.29, 0.717) is 18.8 Å². The third-order valence-corrected chi connectivity index (χ3v) is 3.65. The monoisotopic (exact) mass is 327 g/mol. The number of imidazole rings is 1. The largest absolute Gasteiger partial charge is 0.497 e. The number of carbonyl (C=O) groups is 1. The molecule has 0 bridgehead atoms. The van der Waals surface area contributed by atoms with Crippen LogP contribution in [-0.2, 0) is 6.42 Å². The first-order valence-corrected chi connectivity index (χ1v) is 7.36.